The third-order valence-corrected chi connectivity index (χ3v) is 3.31. The first-order valence-electron chi connectivity index (χ1n) is 5.14. The molecule has 2 fully saturated rings. The molecule has 2 aliphatic heterocycles. The third kappa shape index (κ3) is 2.51. The Labute approximate surface area is 98.2 Å². The SMILES string of the molecule is CC1OC(CSOOO)C2OC(C)(C)OC12. The van der Waals surface area contributed by atoms with Crippen LogP contribution in [0.5, 0.6) is 0 Å². The van der Waals surface area contributed by atoms with Gasteiger partial charge in [0.05, 0.1) is 18.0 Å². The Bertz CT molecular complexity index is 248. The monoisotopic (exact) mass is 252 g/mol. The molecule has 94 valence electrons. The zero-order valence-electron chi connectivity index (χ0n) is 9.41. The lowest BCUT2D eigenvalue weighted by atomic mass is 10.1. The van der Waals surface area contributed by atoms with E-state index in [2.05, 4.69) is 9.37 Å². The number of hydrogen-bond acceptors (Lipinski definition) is 7. The van der Waals surface area contributed by atoms with Crippen LogP contribution in [0, 0.1) is 0 Å². The van der Waals surface area contributed by atoms with Crippen molar-refractivity contribution in [3.8, 4) is 0 Å². The van der Waals surface area contributed by atoms with Crippen molar-refractivity contribution in [3.63, 3.8) is 0 Å². The van der Waals surface area contributed by atoms with Crippen molar-refractivity contribution in [3.05, 3.63) is 0 Å². The maximum Gasteiger partial charge on any atom is 0.164 e. The van der Waals surface area contributed by atoms with E-state index in [4.69, 9.17) is 19.5 Å². The Balaban J connectivity index is 1.91. The zero-order chi connectivity index (χ0) is 11.8. The summed E-state index contributed by atoms with van der Waals surface area (Å²) in [4.78, 5) is 0. The van der Waals surface area contributed by atoms with E-state index in [0.717, 1.165) is 12.0 Å². The average molecular weight is 252 g/mol. The summed E-state index contributed by atoms with van der Waals surface area (Å²) in [5.74, 6) is -0.0594. The molecule has 0 aliphatic carbocycles. The fourth-order valence-corrected chi connectivity index (χ4v) is 2.65. The fourth-order valence-electron chi connectivity index (χ4n) is 2.15. The van der Waals surface area contributed by atoms with Crippen LogP contribution in [-0.4, -0.2) is 41.2 Å². The lowest BCUT2D eigenvalue weighted by molar-refractivity contribution is -0.432. The summed E-state index contributed by atoms with van der Waals surface area (Å²) in [6.45, 7) is 5.72. The van der Waals surface area contributed by atoms with Crippen LogP contribution in [0.25, 0.3) is 0 Å². The molecule has 6 nitrogen and oxygen atoms in total. The summed E-state index contributed by atoms with van der Waals surface area (Å²) >= 11 is 0.969. The minimum Gasteiger partial charge on any atom is -0.369 e. The molecule has 0 radical (unpaired) electrons. The van der Waals surface area contributed by atoms with Crippen molar-refractivity contribution in [1.29, 1.82) is 0 Å². The number of rotatable bonds is 4. The summed E-state index contributed by atoms with van der Waals surface area (Å²) in [7, 11) is 0. The van der Waals surface area contributed by atoms with Gasteiger partial charge in [-0.2, -0.15) is 0 Å². The van der Waals surface area contributed by atoms with E-state index in [1.165, 1.54) is 0 Å². The number of ether oxygens (including phenoxy) is 3. The van der Waals surface area contributed by atoms with Crippen LogP contribution in [0.1, 0.15) is 20.8 Å². The maximum absolute atomic E-state index is 8.02. The highest BCUT2D eigenvalue weighted by Crippen LogP contribution is 2.39. The van der Waals surface area contributed by atoms with Gasteiger partial charge in [-0.1, -0.05) is 5.04 Å². The van der Waals surface area contributed by atoms with Crippen molar-refractivity contribution >= 4 is 12.0 Å². The molecule has 4 atom stereocenters. The molecule has 1 N–H and O–H groups in total. The summed E-state index contributed by atoms with van der Waals surface area (Å²) in [5.41, 5.74) is 0. The predicted molar refractivity (Wildman–Crippen MR) is 55.4 cm³/mol. The second-order valence-electron chi connectivity index (χ2n) is 4.37. The first kappa shape index (κ1) is 12.6. The maximum atomic E-state index is 8.02. The van der Waals surface area contributed by atoms with Gasteiger partial charge in [-0.05, 0) is 20.8 Å². The molecular formula is C9H16O6S. The minimum absolute atomic E-state index is 0.00702. The van der Waals surface area contributed by atoms with E-state index < -0.39 is 5.79 Å². The van der Waals surface area contributed by atoms with Crippen molar-refractivity contribution in [2.75, 3.05) is 5.75 Å². The highest BCUT2D eigenvalue weighted by atomic mass is 32.2. The molecule has 0 aromatic rings. The molecule has 0 amide bonds. The van der Waals surface area contributed by atoms with Gasteiger partial charge < -0.3 is 14.2 Å². The largest absolute Gasteiger partial charge is 0.369 e. The summed E-state index contributed by atoms with van der Waals surface area (Å²) in [6, 6.07) is 0. The van der Waals surface area contributed by atoms with Gasteiger partial charge in [-0.15, -0.1) is 4.33 Å². The predicted octanol–water partition coefficient (Wildman–Crippen LogP) is 1.36. The van der Waals surface area contributed by atoms with Crippen LogP contribution < -0.4 is 0 Å². The lowest BCUT2D eigenvalue weighted by Crippen LogP contribution is -2.31. The molecular weight excluding hydrogens is 236 g/mol. The van der Waals surface area contributed by atoms with E-state index in [1.54, 1.807) is 0 Å². The van der Waals surface area contributed by atoms with Crippen LogP contribution >= 0.6 is 12.0 Å². The van der Waals surface area contributed by atoms with Gasteiger partial charge in [0.25, 0.3) is 0 Å². The van der Waals surface area contributed by atoms with Crippen LogP contribution in [-0.2, 0) is 23.6 Å². The normalized spacial score (nSPS) is 41.2. The smallest absolute Gasteiger partial charge is 0.164 e. The Hall–Kier alpha value is 0.110. The van der Waals surface area contributed by atoms with Gasteiger partial charge in [-0.3, -0.25) is 0 Å². The number of hydrogen-bond donors (Lipinski definition) is 1. The molecule has 7 heteroatoms. The molecule has 2 aliphatic rings. The lowest BCUT2D eigenvalue weighted by Gasteiger charge is -2.22. The second-order valence-corrected chi connectivity index (χ2v) is 5.08. The summed E-state index contributed by atoms with van der Waals surface area (Å²) in [6.07, 6.45) is -0.273. The Morgan fingerprint density at radius 1 is 1.31 bits per heavy atom. The first-order chi connectivity index (χ1) is 7.53. The zero-order valence-corrected chi connectivity index (χ0v) is 10.2. The highest BCUT2D eigenvalue weighted by molar-refractivity contribution is 7.94. The topological polar surface area (TPSA) is 66.4 Å². The van der Waals surface area contributed by atoms with Crippen LogP contribution in [0.15, 0.2) is 0 Å². The molecule has 0 bridgehead atoms. The molecule has 0 aromatic heterocycles. The summed E-state index contributed by atoms with van der Waals surface area (Å²) < 4.78 is 21.5. The van der Waals surface area contributed by atoms with E-state index in [0.29, 0.717) is 5.75 Å². The van der Waals surface area contributed by atoms with E-state index in [1.807, 2.05) is 20.8 Å². The molecule has 0 spiro atoms. The van der Waals surface area contributed by atoms with Crippen LogP contribution in [0.3, 0.4) is 0 Å². The quantitative estimate of drug-likeness (QED) is 0.351. The van der Waals surface area contributed by atoms with Gasteiger partial charge in [-0.25, -0.2) is 5.26 Å². The Morgan fingerprint density at radius 2 is 2.00 bits per heavy atom. The molecule has 0 aromatic carbocycles. The van der Waals surface area contributed by atoms with E-state index in [-0.39, 0.29) is 24.4 Å². The average Bonchev–Trinajstić information content (AvgIpc) is 2.64. The molecule has 2 heterocycles. The number of fused-ring (bicyclic) bond motifs is 1. The Morgan fingerprint density at radius 3 is 2.69 bits per heavy atom. The van der Waals surface area contributed by atoms with Gasteiger partial charge in [0, 0.05) is 12.0 Å². The van der Waals surface area contributed by atoms with E-state index >= 15 is 0 Å². The van der Waals surface area contributed by atoms with Crippen LogP contribution in [0.4, 0.5) is 0 Å². The molecule has 2 saturated heterocycles. The van der Waals surface area contributed by atoms with Gasteiger partial charge in [0.1, 0.15) is 12.2 Å². The highest BCUT2D eigenvalue weighted by Gasteiger charge is 2.53. The van der Waals surface area contributed by atoms with Crippen molar-refractivity contribution < 1.29 is 28.8 Å². The van der Waals surface area contributed by atoms with Gasteiger partial charge >= 0.3 is 0 Å². The van der Waals surface area contributed by atoms with Gasteiger partial charge in [0.2, 0.25) is 0 Å². The van der Waals surface area contributed by atoms with Gasteiger partial charge in [0.15, 0.2) is 5.79 Å². The molecule has 4 unspecified atom stereocenters. The molecule has 2 rings (SSSR count). The molecule has 16 heavy (non-hydrogen) atoms. The molecule has 0 saturated carbocycles. The standard InChI is InChI=1S/C9H16O6S/c1-5-7-8(13-9(2,3)12-7)6(11-5)4-16-15-14-10/h5-8,10H,4H2,1-3H3. The van der Waals surface area contributed by atoms with E-state index in [9.17, 15) is 0 Å². The Kier molecular flexibility index (Phi) is 3.75. The third-order valence-electron chi connectivity index (χ3n) is 2.69. The first-order valence-corrected chi connectivity index (χ1v) is 6.05. The van der Waals surface area contributed by atoms with Crippen molar-refractivity contribution in [1.82, 2.24) is 0 Å². The van der Waals surface area contributed by atoms with Crippen LogP contribution in [0.2, 0.25) is 0 Å². The van der Waals surface area contributed by atoms with Crippen molar-refractivity contribution in [2.45, 2.75) is 51.0 Å². The fraction of sp³-hybridized carbons (Fsp3) is 1.00. The minimum atomic E-state index is -0.565. The summed E-state index contributed by atoms with van der Waals surface area (Å²) in [5, 5.41) is 11.5. The van der Waals surface area contributed by atoms with Crippen molar-refractivity contribution in [2.24, 2.45) is 0 Å². The second kappa shape index (κ2) is 4.77.